The van der Waals surface area contributed by atoms with Gasteiger partial charge < -0.3 is 40.2 Å². The second-order valence-corrected chi connectivity index (χ2v) is 5.66. The van der Waals surface area contributed by atoms with Gasteiger partial charge >= 0.3 is 18.0 Å². The van der Waals surface area contributed by atoms with Crippen LogP contribution in [0.1, 0.15) is 20.8 Å². The Kier molecular flexibility index (Phi) is 16.7. The van der Waals surface area contributed by atoms with Crippen LogP contribution in [-0.2, 0) is 28.5 Å². The zero-order chi connectivity index (χ0) is 20.4. The Balaban J connectivity index is 0. The van der Waals surface area contributed by atoms with Gasteiger partial charge in [-0.25, -0.2) is 14.4 Å². The van der Waals surface area contributed by atoms with Crippen molar-refractivity contribution in [1.82, 2.24) is 5.32 Å². The second-order valence-electron chi connectivity index (χ2n) is 5.66. The van der Waals surface area contributed by atoms with Crippen LogP contribution in [0.2, 0.25) is 0 Å². The lowest BCUT2D eigenvalue weighted by molar-refractivity contribution is -0.159. The van der Waals surface area contributed by atoms with Crippen molar-refractivity contribution in [2.45, 2.75) is 26.4 Å². The zero-order valence-corrected chi connectivity index (χ0v) is 15.5. The van der Waals surface area contributed by atoms with Gasteiger partial charge in [0.25, 0.3) is 0 Å². The van der Waals surface area contributed by atoms with E-state index in [1.54, 1.807) is 0 Å². The normalized spacial score (nSPS) is 10.5. The van der Waals surface area contributed by atoms with Crippen LogP contribution in [-0.4, -0.2) is 86.6 Å². The minimum Gasteiger partial charge on any atom is -0.473 e. The van der Waals surface area contributed by atoms with Gasteiger partial charge in [-0.15, -0.1) is 0 Å². The average molecular weight is 382 g/mol. The molecule has 0 bridgehead atoms. The monoisotopic (exact) mass is 382 g/mol. The van der Waals surface area contributed by atoms with Gasteiger partial charge in [-0.3, -0.25) is 0 Å². The quantitative estimate of drug-likeness (QED) is 0.274. The number of carboxylic acids is 2. The number of hydrogen-bond donors (Lipinski definition) is 4. The van der Waals surface area contributed by atoms with Crippen molar-refractivity contribution in [2.75, 3.05) is 52.7 Å². The van der Waals surface area contributed by atoms with Crippen LogP contribution in [0.15, 0.2) is 0 Å². The first-order valence-corrected chi connectivity index (χ1v) is 7.96. The van der Waals surface area contributed by atoms with E-state index in [-0.39, 0.29) is 0 Å². The molecule has 5 N–H and O–H groups in total. The molecule has 0 unspecified atom stereocenters. The summed E-state index contributed by atoms with van der Waals surface area (Å²) in [5, 5.41) is 17.4. The third-order valence-electron chi connectivity index (χ3n) is 2.10. The zero-order valence-electron chi connectivity index (χ0n) is 15.5. The predicted molar refractivity (Wildman–Crippen MR) is 91.0 cm³/mol. The summed E-state index contributed by atoms with van der Waals surface area (Å²) in [4.78, 5) is 29.5. The molecule has 11 heteroatoms. The fourth-order valence-corrected chi connectivity index (χ4v) is 1.16. The highest BCUT2D eigenvalue weighted by Gasteiger charge is 2.15. The molecule has 0 aromatic carbocycles. The fraction of sp³-hybridized carbons (Fsp3) is 0.800. The van der Waals surface area contributed by atoms with Crippen molar-refractivity contribution in [3.8, 4) is 0 Å². The Morgan fingerprint density at radius 1 is 0.846 bits per heavy atom. The molecule has 0 rings (SSSR count). The minimum absolute atomic E-state index is 0.411. The van der Waals surface area contributed by atoms with Crippen LogP contribution < -0.4 is 11.1 Å². The maximum absolute atomic E-state index is 11.3. The lowest BCUT2D eigenvalue weighted by Gasteiger charge is -2.19. The number of hydrogen-bond acceptors (Lipinski definition) is 8. The first kappa shape index (κ1) is 26.3. The molecular formula is C15H30N2O9. The number of nitrogens with one attached hydrogen (secondary N) is 1. The molecule has 0 saturated carbocycles. The van der Waals surface area contributed by atoms with E-state index in [0.717, 1.165) is 0 Å². The van der Waals surface area contributed by atoms with Crippen LogP contribution in [0.3, 0.4) is 0 Å². The van der Waals surface area contributed by atoms with Gasteiger partial charge in [-0.1, -0.05) is 0 Å². The Morgan fingerprint density at radius 2 is 1.27 bits per heavy atom. The van der Waals surface area contributed by atoms with Crippen molar-refractivity contribution in [1.29, 1.82) is 0 Å². The number of carbonyl (C=O) groups excluding carboxylic acids is 1. The first-order valence-electron chi connectivity index (χ1n) is 7.96. The van der Waals surface area contributed by atoms with E-state index in [0.29, 0.717) is 52.7 Å². The SMILES string of the molecule is CC(C)(C)OC(=O)NCCOCCOCCOCCN.O=C(O)C(=O)O. The summed E-state index contributed by atoms with van der Waals surface area (Å²) >= 11 is 0. The third-order valence-corrected chi connectivity index (χ3v) is 2.10. The topological polar surface area (TPSA) is 167 Å². The maximum atomic E-state index is 11.3. The van der Waals surface area contributed by atoms with E-state index < -0.39 is 23.6 Å². The van der Waals surface area contributed by atoms with E-state index in [2.05, 4.69) is 5.32 Å². The van der Waals surface area contributed by atoms with Crippen molar-refractivity contribution < 1.29 is 43.5 Å². The molecule has 0 saturated heterocycles. The number of alkyl carbamates (subject to hydrolysis) is 1. The van der Waals surface area contributed by atoms with Crippen LogP contribution in [0, 0.1) is 0 Å². The van der Waals surface area contributed by atoms with Gasteiger partial charge in [-0.05, 0) is 20.8 Å². The summed E-state index contributed by atoms with van der Waals surface area (Å²) in [5.41, 5.74) is 4.79. The number of rotatable bonds is 11. The number of aliphatic carboxylic acids is 2. The number of amides is 1. The predicted octanol–water partition coefficient (Wildman–Crippen LogP) is -0.325. The van der Waals surface area contributed by atoms with Gasteiger partial charge in [0.2, 0.25) is 0 Å². The van der Waals surface area contributed by atoms with E-state index in [1.165, 1.54) is 0 Å². The Labute approximate surface area is 152 Å². The lowest BCUT2D eigenvalue weighted by atomic mass is 10.2. The summed E-state index contributed by atoms with van der Waals surface area (Å²) in [6.45, 7) is 9.40. The number of carboxylic acid groups (broad SMARTS) is 2. The third kappa shape index (κ3) is 24.3. The number of ether oxygens (including phenoxy) is 4. The number of carbonyl (C=O) groups is 3. The van der Waals surface area contributed by atoms with Crippen molar-refractivity contribution in [3.05, 3.63) is 0 Å². The van der Waals surface area contributed by atoms with Crippen LogP contribution in [0.5, 0.6) is 0 Å². The van der Waals surface area contributed by atoms with E-state index in [4.69, 9.17) is 44.5 Å². The standard InChI is InChI=1S/C13H28N2O5.C2H2O4/c1-13(2,3)20-12(16)15-5-7-18-9-11-19-10-8-17-6-4-14;3-1(4)2(5)6/h4-11,14H2,1-3H3,(H,15,16);(H,3,4)(H,5,6). The maximum Gasteiger partial charge on any atom is 0.414 e. The summed E-state index contributed by atoms with van der Waals surface area (Å²) in [6, 6.07) is 0. The van der Waals surface area contributed by atoms with E-state index in [1.807, 2.05) is 20.8 Å². The molecular weight excluding hydrogens is 352 g/mol. The van der Waals surface area contributed by atoms with Crippen LogP contribution >= 0.6 is 0 Å². The van der Waals surface area contributed by atoms with Crippen LogP contribution in [0.4, 0.5) is 4.79 Å². The van der Waals surface area contributed by atoms with Gasteiger partial charge in [-0.2, -0.15) is 0 Å². The molecule has 0 radical (unpaired) electrons. The summed E-state index contributed by atoms with van der Waals surface area (Å²) in [7, 11) is 0. The minimum atomic E-state index is -1.82. The molecule has 0 atom stereocenters. The molecule has 0 fully saturated rings. The molecule has 11 nitrogen and oxygen atoms in total. The molecule has 154 valence electrons. The fourth-order valence-electron chi connectivity index (χ4n) is 1.16. The largest absolute Gasteiger partial charge is 0.473 e. The van der Waals surface area contributed by atoms with Crippen molar-refractivity contribution in [3.63, 3.8) is 0 Å². The smallest absolute Gasteiger partial charge is 0.414 e. The molecule has 0 spiro atoms. The highest BCUT2D eigenvalue weighted by atomic mass is 16.6. The Hall–Kier alpha value is -1.95. The first-order chi connectivity index (χ1) is 12.1. The summed E-state index contributed by atoms with van der Waals surface area (Å²) in [6.07, 6.45) is -0.436. The van der Waals surface area contributed by atoms with Gasteiger partial charge in [0, 0.05) is 13.1 Å². The van der Waals surface area contributed by atoms with E-state index >= 15 is 0 Å². The number of nitrogens with two attached hydrogens (primary N) is 1. The Morgan fingerprint density at radius 3 is 1.65 bits per heavy atom. The average Bonchev–Trinajstić information content (AvgIpc) is 2.51. The highest BCUT2D eigenvalue weighted by molar-refractivity contribution is 6.27. The molecule has 0 aromatic rings. The second kappa shape index (κ2) is 16.5. The Bertz CT molecular complexity index is 385. The van der Waals surface area contributed by atoms with Crippen LogP contribution in [0.25, 0.3) is 0 Å². The van der Waals surface area contributed by atoms with Crippen molar-refractivity contribution >= 4 is 18.0 Å². The molecule has 0 aliphatic heterocycles. The molecule has 26 heavy (non-hydrogen) atoms. The van der Waals surface area contributed by atoms with Gasteiger partial charge in [0.1, 0.15) is 5.60 Å². The molecule has 1 amide bonds. The molecule has 0 aliphatic rings. The molecule has 0 aliphatic carbocycles. The van der Waals surface area contributed by atoms with Crippen molar-refractivity contribution in [2.24, 2.45) is 5.73 Å². The van der Waals surface area contributed by atoms with E-state index in [9.17, 15) is 4.79 Å². The van der Waals surface area contributed by atoms with Gasteiger partial charge in [0.15, 0.2) is 0 Å². The highest BCUT2D eigenvalue weighted by Crippen LogP contribution is 2.05. The van der Waals surface area contributed by atoms with Gasteiger partial charge in [0.05, 0.1) is 39.6 Å². The molecule has 0 heterocycles. The summed E-state index contributed by atoms with van der Waals surface area (Å²) in [5.74, 6) is -3.65. The lowest BCUT2D eigenvalue weighted by Crippen LogP contribution is -2.34. The summed E-state index contributed by atoms with van der Waals surface area (Å²) < 4.78 is 20.8. The molecule has 0 aromatic heterocycles.